The Balaban J connectivity index is 1.59. The average molecular weight is 578 g/mol. The minimum atomic E-state index is -0.432. The number of nitrogens with two attached hydrogens (primary N) is 1. The Morgan fingerprint density at radius 1 is 1.18 bits per heavy atom. The number of nitrogen functional groups attached to an aromatic ring is 1. The van der Waals surface area contributed by atoms with Crippen molar-refractivity contribution < 1.29 is 14.1 Å². The molecule has 0 amide bonds. The number of aromatic nitrogens is 4. The fourth-order valence-electron chi connectivity index (χ4n) is 4.07. The van der Waals surface area contributed by atoms with Crippen molar-refractivity contribution in [3.63, 3.8) is 0 Å². The highest BCUT2D eigenvalue weighted by molar-refractivity contribution is 7.16. The Kier molecular flexibility index (Phi) is 7.54. The molecule has 0 fully saturated rings. The predicted octanol–water partition coefficient (Wildman–Crippen LogP) is 4.25. The number of Topliss-reactive ketones (excluding diaryl/α,β-unsaturated/α-hetero) is 1. The van der Waals surface area contributed by atoms with Gasteiger partial charge in [-0.15, -0.1) is 11.3 Å². The number of halogens is 1. The largest absolute Gasteiger partial charge is 0.398 e. The first-order chi connectivity index (χ1) is 19.2. The molecule has 5 aromatic rings. The summed E-state index contributed by atoms with van der Waals surface area (Å²) in [6.07, 6.45) is 4.08. The molecular formula is C27H24ClN7O4S. The van der Waals surface area contributed by atoms with E-state index >= 15 is 0 Å². The van der Waals surface area contributed by atoms with Crippen molar-refractivity contribution in [3.05, 3.63) is 97.9 Å². The van der Waals surface area contributed by atoms with Crippen molar-refractivity contribution in [2.75, 3.05) is 30.0 Å². The van der Waals surface area contributed by atoms with Crippen LogP contribution in [0.1, 0.15) is 25.6 Å². The minimum Gasteiger partial charge on any atom is -0.398 e. The van der Waals surface area contributed by atoms with Gasteiger partial charge in [-0.05, 0) is 24.3 Å². The van der Waals surface area contributed by atoms with Crippen LogP contribution in [-0.4, -0.2) is 45.3 Å². The van der Waals surface area contributed by atoms with Crippen molar-refractivity contribution in [2.45, 2.75) is 13.1 Å². The van der Waals surface area contributed by atoms with Crippen LogP contribution in [0.15, 0.2) is 76.5 Å². The van der Waals surface area contributed by atoms with Gasteiger partial charge in [-0.1, -0.05) is 28.9 Å². The van der Waals surface area contributed by atoms with E-state index in [0.29, 0.717) is 39.3 Å². The molecule has 1 aromatic carbocycles. The molecule has 5 rings (SSSR count). The summed E-state index contributed by atoms with van der Waals surface area (Å²) < 4.78 is 7.93. The Morgan fingerprint density at radius 2 is 1.98 bits per heavy atom. The van der Waals surface area contributed by atoms with Gasteiger partial charge in [0, 0.05) is 48.6 Å². The standard InChI is InChI=1S/C27H24ClN7O4S/c1-33(2)22-10-26(37)34(14-23(36)16-11-31-39-15-16)13-19(22)21-9-25(30-12-17-7-8-24(28)40-17)35(32-21)27(38)18-5-3-4-6-20(18)29/h3-11,13,15,30H,12,14,29H2,1-2H3. The van der Waals surface area contributed by atoms with Crippen LogP contribution >= 0.6 is 22.9 Å². The van der Waals surface area contributed by atoms with E-state index in [1.165, 1.54) is 39.1 Å². The molecule has 204 valence electrons. The van der Waals surface area contributed by atoms with Gasteiger partial charge in [0.1, 0.15) is 12.1 Å². The van der Waals surface area contributed by atoms with E-state index in [0.717, 1.165) is 4.88 Å². The minimum absolute atomic E-state index is 0.231. The summed E-state index contributed by atoms with van der Waals surface area (Å²) in [5, 5.41) is 11.5. The van der Waals surface area contributed by atoms with Crippen molar-refractivity contribution in [1.82, 2.24) is 19.5 Å². The van der Waals surface area contributed by atoms with Gasteiger partial charge in [-0.3, -0.25) is 14.4 Å². The topological polar surface area (TPSA) is 141 Å². The van der Waals surface area contributed by atoms with E-state index in [2.05, 4.69) is 15.6 Å². The Hall–Kier alpha value is -4.68. The molecule has 13 heteroatoms. The van der Waals surface area contributed by atoms with Crippen LogP contribution in [0.4, 0.5) is 17.2 Å². The highest BCUT2D eigenvalue weighted by Crippen LogP contribution is 2.31. The Morgan fingerprint density at radius 3 is 2.65 bits per heavy atom. The number of para-hydroxylation sites is 1. The van der Waals surface area contributed by atoms with Gasteiger partial charge in [0.15, 0.2) is 5.78 Å². The van der Waals surface area contributed by atoms with Crippen molar-refractivity contribution in [1.29, 1.82) is 0 Å². The number of thiophene rings is 1. The number of hydrogen-bond donors (Lipinski definition) is 2. The molecule has 0 unspecified atom stereocenters. The highest BCUT2D eigenvalue weighted by Gasteiger charge is 2.22. The summed E-state index contributed by atoms with van der Waals surface area (Å²) in [7, 11) is 3.58. The summed E-state index contributed by atoms with van der Waals surface area (Å²) in [4.78, 5) is 41.9. The van der Waals surface area contributed by atoms with E-state index in [-0.39, 0.29) is 29.0 Å². The predicted molar refractivity (Wildman–Crippen MR) is 154 cm³/mol. The van der Waals surface area contributed by atoms with Crippen LogP contribution in [0.5, 0.6) is 0 Å². The fraction of sp³-hybridized carbons (Fsp3) is 0.148. The van der Waals surface area contributed by atoms with E-state index in [4.69, 9.17) is 21.9 Å². The normalized spacial score (nSPS) is 11.0. The first kappa shape index (κ1) is 26.9. The van der Waals surface area contributed by atoms with Crippen LogP contribution in [0.3, 0.4) is 0 Å². The number of anilines is 3. The molecule has 0 aliphatic heterocycles. The molecule has 40 heavy (non-hydrogen) atoms. The third kappa shape index (κ3) is 5.53. The Bertz CT molecular complexity index is 1750. The van der Waals surface area contributed by atoms with Crippen molar-refractivity contribution in [3.8, 4) is 11.3 Å². The average Bonchev–Trinajstić information content (AvgIpc) is 3.69. The van der Waals surface area contributed by atoms with Gasteiger partial charge in [0.2, 0.25) is 0 Å². The number of hydrogen-bond acceptors (Lipinski definition) is 10. The van der Waals surface area contributed by atoms with E-state index in [1.807, 2.05) is 6.07 Å². The lowest BCUT2D eigenvalue weighted by Gasteiger charge is -2.17. The number of benzene rings is 1. The second kappa shape index (κ2) is 11.2. The lowest BCUT2D eigenvalue weighted by atomic mass is 10.1. The molecule has 0 atom stereocenters. The van der Waals surface area contributed by atoms with Gasteiger partial charge in [-0.25, -0.2) is 0 Å². The van der Waals surface area contributed by atoms with Crippen LogP contribution in [0.2, 0.25) is 4.34 Å². The smallest absolute Gasteiger partial charge is 0.282 e. The maximum absolute atomic E-state index is 13.6. The van der Waals surface area contributed by atoms with E-state index in [1.54, 1.807) is 61.6 Å². The number of pyridine rings is 1. The third-order valence-corrected chi connectivity index (χ3v) is 7.33. The van der Waals surface area contributed by atoms with Gasteiger partial charge in [-0.2, -0.15) is 9.78 Å². The maximum Gasteiger partial charge on any atom is 0.282 e. The SMILES string of the molecule is CN(C)c1cc(=O)n(CC(=O)c2cnoc2)cc1-c1cc(NCc2ccc(Cl)s2)n(C(=O)c2ccccc2N)n1. The summed E-state index contributed by atoms with van der Waals surface area (Å²) in [5.74, 6) is -0.363. The van der Waals surface area contributed by atoms with Gasteiger partial charge in [0.05, 0.1) is 46.1 Å². The molecule has 0 radical (unpaired) electrons. The molecule has 0 aliphatic carbocycles. The van der Waals surface area contributed by atoms with E-state index in [9.17, 15) is 14.4 Å². The third-order valence-electron chi connectivity index (χ3n) is 6.10. The molecule has 0 spiro atoms. The molecule has 4 aromatic heterocycles. The van der Waals surface area contributed by atoms with Crippen LogP contribution < -0.4 is 21.5 Å². The second-order valence-electron chi connectivity index (χ2n) is 9.05. The maximum atomic E-state index is 13.6. The number of ketones is 1. The molecule has 0 aliphatic rings. The number of rotatable bonds is 9. The Labute approximate surface area is 237 Å². The highest BCUT2D eigenvalue weighted by atomic mass is 35.5. The van der Waals surface area contributed by atoms with Crippen molar-refractivity contribution >= 4 is 51.8 Å². The zero-order valence-electron chi connectivity index (χ0n) is 21.5. The summed E-state index contributed by atoms with van der Waals surface area (Å²) >= 11 is 7.51. The first-order valence-electron chi connectivity index (χ1n) is 12.0. The lowest BCUT2D eigenvalue weighted by molar-refractivity contribution is 0.0946. The van der Waals surface area contributed by atoms with Gasteiger partial charge < -0.3 is 25.0 Å². The quantitative estimate of drug-likeness (QED) is 0.194. The molecule has 11 nitrogen and oxygen atoms in total. The van der Waals surface area contributed by atoms with Gasteiger partial charge in [0.25, 0.3) is 11.5 Å². The van der Waals surface area contributed by atoms with Gasteiger partial charge >= 0.3 is 0 Å². The summed E-state index contributed by atoms with van der Waals surface area (Å²) in [6, 6.07) is 13.6. The number of carbonyl (C=O) groups is 2. The second-order valence-corrected chi connectivity index (χ2v) is 10.8. The van der Waals surface area contributed by atoms with Crippen molar-refractivity contribution in [2.24, 2.45) is 0 Å². The lowest BCUT2D eigenvalue weighted by Crippen LogP contribution is -2.25. The summed E-state index contributed by atoms with van der Waals surface area (Å²) in [5.41, 5.74) is 8.08. The van der Waals surface area contributed by atoms with Crippen LogP contribution in [0, 0.1) is 0 Å². The van der Waals surface area contributed by atoms with Crippen LogP contribution in [0.25, 0.3) is 11.3 Å². The fourth-order valence-corrected chi connectivity index (χ4v) is 5.09. The zero-order chi connectivity index (χ0) is 28.4. The molecule has 4 heterocycles. The van der Waals surface area contributed by atoms with E-state index < -0.39 is 5.91 Å². The monoisotopic (exact) mass is 577 g/mol. The molecule has 0 saturated carbocycles. The molecule has 0 bridgehead atoms. The number of carbonyl (C=O) groups excluding carboxylic acids is 2. The first-order valence-corrected chi connectivity index (χ1v) is 13.2. The molecular weight excluding hydrogens is 554 g/mol. The van der Waals surface area contributed by atoms with Crippen LogP contribution in [-0.2, 0) is 13.1 Å². The zero-order valence-corrected chi connectivity index (χ0v) is 23.1. The summed E-state index contributed by atoms with van der Waals surface area (Å²) in [6.45, 7) is 0.165. The molecule has 3 N–H and O–H groups in total. The number of nitrogens with zero attached hydrogens (tertiary/aromatic N) is 5. The molecule has 0 saturated heterocycles. The number of nitrogens with one attached hydrogen (secondary N) is 1.